The smallest absolute Gasteiger partial charge is 0.268 e. The average molecular weight is 392 g/mol. The van der Waals surface area contributed by atoms with Gasteiger partial charge in [0, 0.05) is 28.6 Å². The second-order valence-corrected chi connectivity index (χ2v) is 8.77. The van der Waals surface area contributed by atoms with Crippen molar-refractivity contribution in [3.63, 3.8) is 0 Å². The average Bonchev–Trinajstić information content (AvgIpc) is 2.94. The molecule has 2 N–H and O–H groups in total. The number of H-pyrrole nitrogens is 1. The maximum atomic E-state index is 14.1. The lowest BCUT2D eigenvalue weighted by molar-refractivity contribution is 0.0948. The van der Waals surface area contributed by atoms with Gasteiger partial charge in [-0.25, -0.2) is 12.8 Å². The molecule has 1 aromatic heterocycles. The van der Waals surface area contributed by atoms with Crippen molar-refractivity contribution in [3.05, 3.63) is 54.0 Å². The molecule has 5 nitrogen and oxygen atoms in total. The molecule has 0 spiro atoms. The lowest BCUT2D eigenvalue weighted by Gasteiger charge is -2.06. The summed E-state index contributed by atoms with van der Waals surface area (Å²) in [6, 6.07) is 10.9. The molecule has 0 saturated heterocycles. The molecule has 8 heteroatoms. The first-order chi connectivity index (χ1) is 12.3. The number of rotatable bonds is 5. The molecule has 1 heterocycles. The molecule has 0 bridgehead atoms. The first-order valence-electron chi connectivity index (χ1n) is 7.87. The van der Waals surface area contributed by atoms with Crippen molar-refractivity contribution in [1.29, 1.82) is 0 Å². The molecular formula is C18H17FN2O3S2. The van der Waals surface area contributed by atoms with Gasteiger partial charge in [0.25, 0.3) is 5.91 Å². The van der Waals surface area contributed by atoms with Crippen LogP contribution in [0.15, 0.2) is 57.2 Å². The minimum absolute atomic E-state index is 0.149. The van der Waals surface area contributed by atoms with Gasteiger partial charge in [-0.3, -0.25) is 4.79 Å². The summed E-state index contributed by atoms with van der Waals surface area (Å²) >= 11 is 1.13. The van der Waals surface area contributed by atoms with E-state index >= 15 is 0 Å². The maximum absolute atomic E-state index is 14.1. The summed E-state index contributed by atoms with van der Waals surface area (Å²) in [6.45, 7) is 2.23. The lowest BCUT2D eigenvalue weighted by Crippen LogP contribution is -2.23. The molecule has 0 aliphatic rings. The Hall–Kier alpha value is -2.32. The van der Waals surface area contributed by atoms with Crippen LogP contribution in [-0.2, 0) is 9.84 Å². The summed E-state index contributed by atoms with van der Waals surface area (Å²) in [7, 11) is -3.38. The molecule has 0 aliphatic carbocycles. The van der Waals surface area contributed by atoms with Crippen LogP contribution in [0, 0.1) is 5.82 Å². The predicted octanol–water partition coefficient (Wildman–Crippen LogP) is 3.61. The number of benzene rings is 2. The van der Waals surface area contributed by atoms with Gasteiger partial charge in [-0.1, -0.05) is 30.0 Å². The minimum Gasteiger partial charge on any atom is -0.351 e. The van der Waals surface area contributed by atoms with Gasteiger partial charge in [-0.15, -0.1) is 0 Å². The topological polar surface area (TPSA) is 79.0 Å². The lowest BCUT2D eigenvalue weighted by atomic mass is 10.2. The molecule has 26 heavy (non-hydrogen) atoms. The number of nitrogens with one attached hydrogen (secondary N) is 2. The van der Waals surface area contributed by atoms with Gasteiger partial charge in [-0.05, 0) is 31.2 Å². The number of sulfone groups is 1. The predicted molar refractivity (Wildman–Crippen MR) is 99.9 cm³/mol. The summed E-state index contributed by atoms with van der Waals surface area (Å²) in [5.41, 5.74) is 0.786. The van der Waals surface area contributed by atoms with Gasteiger partial charge < -0.3 is 10.3 Å². The Labute approximate surface area is 154 Å². The van der Waals surface area contributed by atoms with Crippen LogP contribution in [0.1, 0.15) is 17.4 Å². The Morgan fingerprint density at radius 2 is 1.96 bits per heavy atom. The van der Waals surface area contributed by atoms with Gasteiger partial charge in [-0.2, -0.15) is 0 Å². The SMILES string of the molecule is CCNC(=O)c1[nH]c2cc(S(C)(=O)=O)ccc2c1Sc1ccccc1F. The van der Waals surface area contributed by atoms with E-state index in [4.69, 9.17) is 0 Å². The number of hydrogen-bond acceptors (Lipinski definition) is 4. The fourth-order valence-corrected chi connectivity index (χ4v) is 4.25. The van der Waals surface area contributed by atoms with Crippen LogP contribution in [0.5, 0.6) is 0 Å². The van der Waals surface area contributed by atoms with E-state index in [1.165, 1.54) is 18.2 Å². The van der Waals surface area contributed by atoms with Crippen LogP contribution in [0.3, 0.4) is 0 Å². The number of carbonyl (C=O) groups excluding carboxylic acids is 1. The van der Waals surface area contributed by atoms with Gasteiger partial charge in [0.05, 0.1) is 9.79 Å². The van der Waals surface area contributed by atoms with Gasteiger partial charge >= 0.3 is 0 Å². The third-order valence-corrected chi connectivity index (χ3v) is 6.05. The molecule has 0 unspecified atom stereocenters. The fraction of sp³-hybridized carbons (Fsp3) is 0.167. The van der Waals surface area contributed by atoms with Gasteiger partial charge in [0.15, 0.2) is 9.84 Å². The second kappa shape index (κ2) is 7.13. The fourth-order valence-electron chi connectivity index (χ4n) is 2.53. The van der Waals surface area contributed by atoms with Crippen molar-refractivity contribution in [1.82, 2.24) is 10.3 Å². The van der Waals surface area contributed by atoms with E-state index < -0.39 is 9.84 Å². The van der Waals surface area contributed by atoms with Crippen LogP contribution in [0.25, 0.3) is 10.9 Å². The Kier molecular flexibility index (Phi) is 5.06. The second-order valence-electron chi connectivity index (χ2n) is 5.70. The molecule has 3 aromatic rings. The number of hydrogen-bond donors (Lipinski definition) is 2. The number of aromatic nitrogens is 1. The number of aromatic amines is 1. The Balaban J connectivity index is 2.19. The first-order valence-corrected chi connectivity index (χ1v) is 10.6. The monoisotopic (exact) mass is 392 g/mol. The number of halogens is 1. The summed E-state index contributed by atoms with van der Waals surface area (Å²) in [6.07, 6.45) is 1.12. The molecule has 2 aromatic carbocycles. The van der Waals surface area contributed by atoms with Crippen LogP contribution >= 0.6 is 11.8 Å². The highest BCUT2D eigenvalue weighted by Gasteiger charge is 2.21. The van der Waals surface area contributed by atoms with E-state index in [-0.39, 0.29) is 22.3 Å². The zero-order valence-electron chi connectivity index (χ0n) is 14.2. The molecule has 0 saturated carbocycles. The summed E-state index contributed by atoms with van der Waals surface area (Å²) in [5, 5.41) is 3.37. The van der Waals surface area contributed by atoms with Crippen molar-refractivity contribution in [3.8, 4) is 0 Å². The molecular weight excluding hydrogens is 375 g/mol. The Morgan fingerprint density at radius 3 is 2.62 bits per heavy atom. The maximum Gasteiger partial charge on any atom is 0.268 e. The van der Waals surface area contributed by atoms with Gasteiger partial charge in [0.2, 0.25) is 0 Å². The molecule has 0 fully saturated rings. The zero-order valence-corrected chi connectivity index (χ0v) is 15.8. The summed E-state index contributed by atoms with van der Waals surface area (Å²) in [4.78, 5) is 16.5. The van der Waals surface area contributed by atoms with E-state index in [2.05, 4.69) is 10.3 Å². The standard InChI is InChI=1S/C18H17FN2O3S2/c1-3-20-18(22)16-17(25-15-7-5-4-6-13(15)19)12-9-8-11(26(2,23)24)10-14(12)21-16/h4-10,21H,3H2,1-2H3,(H,20,22). The molecule has 1 amide bonds. The minimum atomic E-state index is -3.38. The number of carbonyl (C=O) groups is 1. The highest BCUT2D eigenvalue weighted by Crippen LogP contribution is 2.38. The normalized spacial score (nSPS) is 11.7. The third kappa shape index (κ3) is 3.61. The molecule has 0 aliphatic heterocycles. The highest BCUT2D eigenvalue weighted by atomic mass is 32.2. The molecule has 3 rings (SSSR count). The highest BCUT2D eigenvalue weighted by molar-refractivity contribution is 7.99. The van der Waals surface area contributed by atoms with E-state index in [0.717, 1.165) is 18.0 Å². The Morgan fingerprint density at radius 1 is 1.23 bits per heavy atom. The van der Waals surface area contributed by atoms with E-state index in [1.54, 1.807) is 31.2 Å². The zero-order chi connectivity index (χ0) is 18.9. The number of amides is 1. The van der Waals surface area contributed by atoms with Crippen LogP contribution in [0.4, 0.5) is 4.39 Å². The Bertz CT molecular complexity index is 1090. The summed E-state index contributed by atoms with van der Waals surface area (Å²) < 4.78 is 37.7. The van der Waals surface area contributed by atoms with Crippen LogP contribution in [0.2, 0.25) is 0 Å². The van der Waals surface area contributed by atoms with E-state index in [0.29, 0.717) is 27.2 Å². The third-order valence-electron chi connectivity index (χ3n) is 3.76. The quantitative estimate of drug-likeness (QED) is 0.695. The summed E-state index contributed by atoms with van der Waals surface area (Å²) in [5.74, 6) is -0.718. The van der Waals surface area contributed by atoms with E-state index in [9.17, 15) is 17.6 Å². The van der Waals surface area contributed by atoms with Crippen molar-refractivity contribution in [2.24, 2.45) is 0 Å². The number of fused-ring (bicyclic) bond motifs is 1. The van der Waals surface area contributed by atoms with Crippen LogP contribution in [-0.4, -0.2) is 32.1 Å². The molecule has 0 radical (unpaired) electrons. The van der Waals surface area contributed by atoms with E-state index in [1.807, 2.05) is 0 Å². The molecule has 0 atom stereocenters. The first kappa shape index (κ1) is 18.5. The van der Waals surface area contributed by atoms with Crippen LogP contribution < -0.4 is 5.32 Å². The molecule has 136 valence electrons. The van der Waals surface area contributed by atoms with Crippen molar-refractivity contribution in [2.45, 2.75) is 21.6 Å². The largest absolute Gasteiger partial charge is 0.351 e. The van der Waals surface area contributed by atoms with Crippen molar-refractivity contribution in [2.75, 3.05) is 12.8 Å². The van der Waals surface area contributed by atoms with Crippen molar-refractivity contribution >= 4 is 38.4 Å². The van der Waals surface area contributed by atoms with Gasteiger partial charge in [0.1, 0.15) is 11.5 Å². The van der Waals surface area contributed by atoms with Crippen molar-refractivity contribution < 1.29 is 17.6 Å².